The minimum absolute atomic E-state index is 0.0237. The SMILES string of the molecule is OC1CCOCC1Cc1ccc(Cl)cc1F. The van der Waals surface area contributed by atoms with Gasteiger partial charge in [0.15, 0.2) is 0 Å². The fraction of sp³-hybridized carbons (Fsp3) is 0.500. The molecule has 16 heavy (non-hydrogen) atoms. The highest BCUT2D eigenvalue weighted by Gasteiger charge is 2.24. The van der Waals surface area contributed by atoms with Crippen LogP contribution in [0.3, 0.4) is 0 Å². The molecule has 2 rings (SSSR count). The molecule has 0 amide bonds. The van der Waals surface area contributed by atoms with Crippen LogP contribution in [0, 0.1) is 11.7 Å². The summed E-state index contributed by atoms with van der Waals surface area (Å²) in [4.78, 5) is 0. The molecule has 0 aliphatic carbocycles. The molecule has 1 aliphatic heterocycles. The minimum atomic E-state index is -0.399. The molecule has 1 N–H and O–H groups in total. The number of hydrogen-bond donors (Lipinski definition) is 1. The normalized spacial score (nSPS) is 25.7. The second-order valence-electron chi connectivity index (χ2n) is 4.13. The lowest BCUT2D eigenvalue weighted by Crippen LogP contribution is -2.33. The van der Waals surface area contributed by atoms with Gasteiger partial charge in [0, 0.05) is 17.5 Å². The Bertz CT molecular complexity index is 370. The first kappa shape index (κ1) is 11.8. The highest BCUT2D eigenvalue weighted by atomic mass is 35.5. The van der Waals surface area contributed by atoms with Crippen LogP contribution in [0.2, 0.25) is 5.02 Å². The van der Waals surface area contributed by atoms with Gasteiger partial charge in [-0.25, -0.2) is 4.39 Å². The zero-order valence-electron chi connectivity index (χ0n) is 8.83. The third-order valence-corrected chi connectivity index (χ3v) is 3.17. The number of aliphatic hydroxyl groups is 1. The van der Waals surface area contributed by atoms with Crippen LogP contribution in [0.5, 0.6) is 0 Å². The number of halogens is 2. The maximum atomic E-state index is 13.5. The van der Waals surface area contributed by atoms with Gasteiger partial charge in [-0.05, 0) is 30.5 Å². The summed E-state index contributed by atoms with van der Waals surface area (Å²) in [7, 11) is 0. The molecule has 1 heterocycles. The van der Waals surface area contributed by atoms with Crippen LogP contribution in [0.4, 0.5) is 4.39 Å². The molecule has 2 unspecified atom stereocenters. The molecule has 88 valence electrons. The van der Waals surface area contributed by atoms with Crippen molar-refractivity contribution < 1.29 is 14.2 Å². The van der Waals surface area contributed by atoms with Gasteiger partial charge >= 0.3 is 0 Å². The maximum absolute atomic E-state index is 13.5. The average Bonchev–Trinajstić information content (AvgIpc) is 2.25. The lowest BCUT2D eigenvalue weighted by Gasteiger charge is -2.27. The highest BCUT2D eigenvalue weighted by molar-refractivity contribution is 6.30. The smallest absolute Gasteiger partial charge is 0.127 e. The van der Waals surface area contributed by atoms with Crippen LogP contribution in [0.1, 0.15) is 12.0 Å². The van der Waals surface area contributed by atoms with Crippen LogP contribution >= 0.6 is 11.6 Å². The molecule has 0 spiro atoms. The molecule has 2 nitrogen and oxygen atoms in total. The van der Waals surface area contributed by atoms with Crippen molar-refractivity contribution in [2.75, 3.05) is 13.2 Å². The van der Waals surface area contributed by atoms with Crippen LogP contribution < -0.4 is 0 Å². The van der Waals surface area contributed by atoms with E-state index in [4.69, 9.17) is 16.3 Å². The fourth-order valence-electron chi connectivity index (χ4n) is 1.95. The number of benzene rings is 1. The first-order valence-electron chi connectivity index (χ1n) is 5.36. The van der Waals surface area contributed by atoms with E-state index in [-0.39, 0.29) is 11.7 Å². The average molecular weight is 245 g/mol. The molecule has 1 aromatic rings. The topological polar surface area (TPSA) is 29.5 Å². The summed E-state index contributed by atoms with van der Waals surface area (Å²) in [5.74, 6) is -0.338. The van der Waals surface area contributed by atoms with Crippen molar-refractivity contribution in [2.45, 2.75) is 18.9 Å². The van der Waals surface area contributed by atoms with Crippen LogP contribution in [0.15, 0.2) is 18.2 Å². The van der Waals surface area contributed by atoms with E-state index in [1.807, 2.05) is 0 Å². The summed E-state index contributed by atoms with van der Waals surface area (Å²) in [5, 5.41) is 10.1. The second kappa shape index (κ2) is 5.13. The summed E-state index contributed by atoms with van der Waals surface area (Å²) in [5.41, 5.74) is 0.582. The Kier molecular flexibility index (Phi) is 3.79. The first-order valence-corrected chi connectivity index (χ1v) is 5.74. The summed E-state index contributed by atoms with van der Waals surface area (Å²) >= 11 is 5.67. The van der Waals surface area contributed by atoms with Gasteiger partial charge in [0.2, 0.25) is 0 Å². The largest absolute Gasteiger partial charge is 0.393 e. The molecule has 1 aromatic carbocycles. The maximum Gasteiger partial charge on any atom is 0.127 e. The third kappa shape index (κ3) is 2.73. The molecule has 4 heteroatoms. The molecule has 0 saturated carbocycles. The van der Waals surface area contributed by atoms with Crippen LogP contribution in [-0.2, 0) is 11.2 Å². The molecule has 1 aliphatic rings. The summed E-state index contributed by atoms with van der Waals surface area (Å²) in [6.07, 6.45) is 0.716. The lowest BCUT2D eigenvalue weighted by molar-refractivity contribution is -0.0352. The van der Waals surface area contributed by atoms with Gasteiger partial charge < -0.3 is 9.84 Å². The van der Waals surface area contributed by atoms with Gasteiger partial charge in [-0.2, -0.15) is 0 Å². The zero-order valence-corrected chi connectivity index (χ0v) is 9.58. The van der Waals surface area contributed by atoms with E-state index in [0.29, 0.717) is 36.6 Å². The van der Waals surface area contributed by atoms with E-state index in [0.717, 1.165) is 0 Å². The standard InChI is InChI=1S/C12H14ClFO2/c13-10-2-1-8(11(14)6-10)5-9-7-16-4-3-12(9)15/h1-2,6,9,12,15H,3-5,7H2. The Morgan fingerprint density at radius 2 is 2.31 bits per heavy atom. The molecular formula is C12H14ClFO2. The van der Waals surface area contributed by atoms with Crippen molar-refractivity contribution in [3.05, 3.63) is 34.6 Å². The van der Waals surface area contributed by atoms with Crippen LogP contribution in [0.25, 0.3) is 0 Å². The third-order valence-electron chi connectivity index (χ3n) is 2.93. The van der Waals surface area contributed by atoms with Gasteiger partial charge in [0.1, 0.15) is 5.82 Å². The fourth-order valence-corrected chi connectivity index (χ4v) is 2.11. The van der Waals surface area contributed by atoms with Crippen LogP contribution in [-0.4, -0.2) is 24.4 Å². The van der Waals surface area contributed by atoms with E-state index in [1.165, 1.54) is 6.07 Å². The Morgan fingerprint density at radius 3 is 3.00 bits per heavy atom. The van der Waals surface area contributed by atoms with E-state index in [2.05, 4.69) is 0 Å². The Balaban J connectivity index is 2.07. The quantitative estimate of drug-likeness (QED) is 0.866. The summed E-state index contributed by atoms with van der Waals surface area (Å²) in [6.45, 7) is 1.07. The zero-order chi connectivity index (χ0) is 11.5. The molecule has 1 fully saturated rings. The number of ether oxygens (including phenoxy) is 1. The molecule has 2 atom stereocenters. The van der Waals surface area contributed by atoms with Crippen molar-refractivity contribution in [2.24, 2.45) is 5.92 Å². The van der Waals surface area contributed by atoms with E-state index in [9.17, 15) is 9.50 Å². The van der Waals surface area contributed by atoms with Gasteiger partial charge in [-0.1, -0.05) is 17.7 Å². The molecule has 0 bridgehead atoms. The van der Waals surface area contributed by atoms with Gasteiger partial charge in [-0.15, -0.1) is 0 Å². The Morgan fingerprint density at radius 1 is 1.50 bits per heavy atom. The second-order valence-corrected chi connectivity index (χ2v) is 4.57. The first-order chi connectivity index (χ1) is 7.66. The molecular weight excluding hydrogens is 231 g/mol. The molecule has 0 radical (unpaired) electrons. The number of hydrogen-bond acceptors (Lipinski definition) is 2. The number of aliphatic hydroxyl groups excluding tert-OH is 1. The summed E-state index contributed by atoms with van der Waals surface area (Å²) in [6, 6.07) is 4.63. The Labute approximate surface area is 99.0 Å². The minimum Gasteiger partial charge on any atom is -0.393 e. The monoisotopic (exact) mass is 244 g/mol. The number of rotatable bonds is 2. The van der Waals surface area contributed by atoms with Crippen molar-refractivity contribution in [1.29, 1.82) is 0 Å². The predicted molar refractivity (Wildman–Crippen MR) is 60.0 cm³/mol. The van der Waals surface area contributed by atoms with Crippen molar-refractivity contribution in [3.63, 3.8) is 0 Å². The van der Waals surface area contributed by atoms with Gasteiger partial charge in [0.25, 0.3) is 0 Å². The van der Waals surface area contributed by atoms with Crippen molar-refractivity contribution in [3.8, 4) is 0 Å². The molecule has 0 aromatic heterocycles. The van der Waals surface area contributed by atoms with E-state index < -0.39 is 6.10 Å². The van der Waals surface area contributed by atoms with Gasteiger partial charge in [0.05, 0.1) is 12.7 Å². The van der Waals surface area contributed by atoms with Gasteiger partial charge in [-0.3, -0.25) is 0 Å². The summed E-state index contributed by atoms with van der Waals surface area (Å²) < 4.78 is 18.8. The highest BCUT2D eigenvalue weighted by Crippen LogP contribution is 2.22. The Hall–Kier alpha value is -0.640. The van der Waals surface area contributed by atoms with Crippen molar-refractivity contribution in [1.82, 2.24) is 0 Å². The van der Waals surface area contributed by atoms with E-state index in [1.54, 1.807) is 12.1 Å². The van der Waals surface area contributed by atoms with Crippen molar-refractivity contribution >= 4 is 11.6 Å². The molecule has 1 saturated heterocycles. The van der Waals surface area contributed by atoms with E-state index >= 15 is 0 Å². The lowest BCUT2D eigenvalue weighted by atomic mass is 9.91. The predicted octanol–water partition coefficient (Wildman–Crippen LogP) is 2.42.